The van der Waals surface area contributed by atoms with Crippen LogP contribution in [0.3, 0.4) is 0 Å². The van der Waals surface area contributed by atoms with E-state index in [1.165, 1.54) is 18.2 Å². The van der Waals surface area contributed by atoms with Crippen LogP contribution in [0.5, 0.6) is 0 Å². The van der Waals surface area contributed by atoms with Gasteiger partial charge in [0.05, 0.1) is 40.9 Å². The van der Waals surface area contributed by atoms with Gasteiger partial charge in [-0.3, -0.25) is 10.1 Å². The molecule has 19 heavy (non-hydrogen) atoms. The molecule has 1 aromatic rings. The third kappa shape index (κ3) is 3.62. The number of nitrogens with zero attached hydrogens (tertiary/aromatic N) is 1. The smallest absolute Gasteiger partial charge is 0.275 e. The summed E-state index contributed by atoms with van der Waals surface area (Å²) in [7, 11) is 0. The van der Waals surface area contributed by atoms with E-state index < -0.39 is 30.3 Å². The standard InChI is InChI=1S/C11H15ClN2O5/c12-9-2-1-3-10(14(18)19)8(9)4-13-11(5-15,6-16)7-17/h1-3,13,15-17H,4-7H2. The number of aliphatic hydroxyl groups is 3. The van der Waals surface area contributed by atoms with Crippen LogP contribution in [0.15, 0.2) is 18.2 Å². The predicted molar refractivity (Wildman–Crippen MR) is 68.9 cm³/mol. The van der Waals surface area contributed by atoms with Crippen molar-refractivity contribution in [2.75, 3.05) is 19.8 Å². The lowest BCUT2D eigenvalue weighted by Gasteiger charge is -2.28. The van der Waals surface area contributed by atoms with Gasteiger partial charge in [-0.05, 0) is 6.07 Å². The summed E-state index contributed by atoms with van der Waals surface area (Å²) in [5.74, 6) is 0. The second kappa shape index (κ2) is 6.78. The summed E-state index contributed by atoms with van der Waals surface area (Å²) in [6.07, 6.45) is 0. The molecule has 106 valence electrons. The van der Waals surface area contributed by atoms with E-state index in [-0.39, 0.29) is 22.8 Å². The maximum Gasteiger partial charge on any atom is 0.275 e. The predicted octanol–water partition coefficient (Wildman–Crippen LogP) is 0.0535. The van der Waals surface area contributed by atoms with Crippen molar-refractivity contribution in [2.45, 2.75) is 12.1 Å². The van der Waals surface area contributed by atoms with Crippen LogP contribution in [-0.4, -0.2) is 45.6 Å². The number of halogens is 1. The van der Waals surface area contributed by atoms with Gasteiger partial charge in [0.15, 0.2) is 0 Å². The lowest BCUT2D eigenvalue weighted by molar-refractivity contribution is -0.385. The number of nitro benzene ring substituents is 1. The molecule has 0 unspecified atom stereocenters. The van der Waals surface area contributed by atoms with E-state index in [0.29, 0.717) is 0 Å². The molecule has 7 nitrogen and oxygen atoms in total. The summed E-state index contributed by atoms with van der Waals surface area (Å²) in [5.41, 5.74) is -1.25. The zero-order chi connectivity index (χ0) is 14.5. The fourth-order valence-electron chi connectivity index (χ4n) is 1.49. The van der Waals surface area contributed by atoms with Gasteiger partial charge in [-0.1, -0.05) is 17.7 Å². The molecule has 0 radical (unpaired) electrons. The van der Waals surface area contributed by atoms with E-state index in [9.17, 15) is 10.1 Å². The van der Waals surface area contributed by atoms with E-state index in [2.05, 4.69) is 5.32 Å². The molecule has 0 amide bonds. The highest BCUT2D eigenvalue weighted by Gasteiger charge is 2.28. The first-order chi connectivity index (χ1) is 8.99. The van der Waals surface area contributed by atoms with Gasteiger partial charge in [-0.2, -0.15) is 0 Å². The lowest BCUT2D eigenvalue weighted by Crippen LogP contribution is -2.54. The molecule has 0 spiro atoms. The number of benzene rings is 1. The Kier molecular flexibility index (Phi) is 5.64. The van der Waals surface area contributed by atoms with Crippen molar-refractivity contribution in [3.8, 4) is 0 Å². The molecule has 0 aliphatic heterocycles. The fraction of sp³-hybridized carbons (Fsp3) is 0.455. The van der Waals surface area contributed by atoms with Gasteiger partial charge >= 0.3 is 0 Å². The molecule has 0 aliphatic rings. The molecule has 0 fully saturated rings. The number of rotatable bonds is 7. The molecule has 1 aromatic carbocycles. The Bertz CT molecular complexity index is 442. The lowest BCUT2D eigenvalue weighted by atomic mass is 10.0. The highest BCUT2D eigenvalue weighted by molar-refractivity contribution is 6.31. The molecule has 4 N–H and O–H groups in total. The van der Waals surface area contributed by atoms with Crippen LogP contribution in [0.1, 0.15) is 5.56 Å². The molecule has 0 atom stereocenters. The average Bonchev–Trinajstić information content (AvgIpc) is 2.42. The highest BCUT2D eigenvalue weighted by Crippen LogP contribution is 2.26. The minimum atomic E-state index is -1.31. The largest absolute Gasteiger partial charge is 0.394 e. The summed E-state index contributed by atoms with van der Waals surface area (Å²) >= 11 is 5.90. The Morgan fingerprint density at radius 3 is 2.32 bits per heavy atom. The SMILES string of the molecule is O=[N+]([O-])c1cccc(Cl)c1CNC(CO)(CO)CO. The van der Waals surface area contributed by atoms with Crippen molar-refractivity contribution in [3.05, 3.63) is 38.9 Å². The van der Waals surface area contributed by atoms with Crippen LogP contribution in [-0.2, 0) is 6.54 Å². The van der Waals surface area contributed by atoms with E-state index in [1.807, 2.05) is 0 Å². The van der Waals surface area contributed by atoms with E-state index in [1.54, 1.807) is 0 Å². The Morgan fingerprint density at radius 2 is 1.84 bits per heavy atom. The van der Waals surface area contributed by atoms with Crippen molar-refractivity contribution < 1.29 is 20.2 Å². The molecule has 0 bridgehead atoms. The Balaban J connectivity index is 2.97. The average molecular weight is 291 g/mol. The van der Waals surface area contributed by atoms with Crippen molar-refractivity contribution >= 4 is 17.3 Å². The van der Waals surface area contributed by atoms with Gasteiger partial charge in [-0.25, -0.2) is 0 Å². The summed E-state index contributed by atoms with van der Waals surface area (Å²) in [6, 6.07) is 4.27. The summed E-state index contributed by atoms with van der Waals surface area (Å²) in [4.78, 5) is 10.3. The molecular formula is C11H15ClN2O5. The number of hydrogen-bond acceptors (Lipinski definition) is 6. The van der Waals surface area contributed by atoms with Crippen LogP contribution in [0.2, 0.25) is 5.02 Å². The topological polar surface area (TPSA) is 116 Å². The van der Waals surface area contributed by atoms with Crippen LogP contribution in [0.4, 0.5) is 5.69 Å². The number of aliphatic hydroxyl groups excluding tert-OH is 3. The first-order valence-corrected chi connectivity index (χ1v) is 5.87. The van der Waals surface area contributed by atoms with Gasteiger partial charge in [0.2, 0.25) is 0 Å². The summed E-state index contributed by atoms with van der Waals surface area (Å²) in [6.45, 7) is -1.60. The van der Waals surface area contributed by atoms with E-state index in [4.69, 9.17) is 26.9 Å². The summed E-state index contributed by atoms with van der Waals surface area (Å²) < 4.78 is 0. The van der Waals surface area contributed by atoms with Gasteiger partial charge in [-0.15, -0.1) is 0 Å². The Labute approximate surface area is 114 Å². The van der Waals surface area contributed by atoms with Crippen LogP contribution < -0.4 is 5.32 Å². The number of hydrogen-bond donors (Lipinski definition) is 4. The summed E-state index contributed by atoms with van der Waals surface area (Å²) in [5, 5.41) is 41.2. The second-order valence-electron chi connectivity index (χ2n) is 4.10. The van der Waals surface area contributed by atoms with Gasteiger partial charge in [0.1, 0.15) is 0 Å². The normalized spacial score (nSPS) is 11.6. The minimum absolute atomic E-state index is 0.0579. The maximum atomic E-state index is 10.9. The van der Waals surface area contributed by atoms with Gasteiger partial charge < -0.3 is 20.6 Å². The van der Waals surface area contributed by atoms with Crippen LogP contribution in [0.25, 0.3) is 0 Å². The van der Waals surface area contributed by atoms with Crippen LogP contribution >= 0.6 is 11.6 Å². The minimum Gasteiger partial charge on any atom is -0.394 e. The maximum absolute atomic E-state index is 10.9. The molecular weight excluding hydrogens is 276 g/mol. The zero-order valence-electron chi connectivity index (χ0n) is 10.0. The highest BCUT2D eigenvalue weighted by atomic mass is 35.5. The molecule has 0 aliphatic carbocycles. The van der Waals surface area contributed by atoms with Gasteiger partial charge in [0, 0.05) is 12.6 Å². The third-order valence-corrected chi connectivity index (χ3v) is 3.19. The zero-order valence-corrected chi connectivity index (χ0v) is 10.8. The fourth-order valence-corrected chi connectivity index (χ4v) is 1.72. The van der Waals surface area contributed by atoms with Crippen molar-refractivity contribution in [1.29, 1.82) is 0 Å². The Morgan fingerprint density at radius 1 is 1.26 bits per heavy atom. The molecule has 0 saturated heterocycles. The monoisotopic (exact) mass is 290 g/mol. The van der Waals surface area contributed by atoms with E-state index >= 15 is 0 Å². The van der Waals surface area contributed by atoms with Crippen LogP contribution in [0, 0.1) is 10.1 Å². The van der Waals surface area contributed by atoms with Crippen molar-refractivity contribution in [2.24, 2.45) is 0 Å². The second-order valence-corrected chi connectivity index (χ2v) is 4.51. The van der Waals surface area contributed by atoms with Gasteiger partial charge in [0.25, 0.3) is 5.69 Å². The molecule has 0 aromatic heterocycles. The first kappa shape index (κ1) is 15.8. The number of nitrogens with one attached hydrogen (secondary N) is 1. The number of nitro groups is 1. The third-order valence-electron chi connectivity index (χ3n) is 2.84. The van der Waals surface area contributed by atoms with Crippen molar-refractivity contribution in [1.82, 2.24) is 5.32 Å². The van der Waals surface area contributed by atoms with Crippen molar-refractivity contribution in [3.63, 3.8) is 0 Å². The molecule has 0 heterocycles. The first-order valence-electron chi connectivity index (χ1n) is 5.49. The quantitative estimate of drug-likeness (QED) is 0.417. The molecule has 8 heteroatoms. The Hall–Kier alpha value is -1.25. The van der Waals surface area contributed by atoms with E-state index in [0.717, 1.165) is 0 Å². The molecule has 1 rings (SSSR count). The molecule has 0 saturated carbocycles.